The van der Waals surface area contributed by atoms with Gasteiger partial charge in [-0.3, -0.25) is 10.1 Å². The predicted molar refractivity (Wildman–Crippen MR) is 73.1 cm³/mol. The molecule has 0 amide bonds. The van der Waals surface area contributed by atoms with Gasteiger partial charge in [0.2, 0.25) is 5.82 Å². The van der Waals surface area contributed by atoms with Crippen LogP contribution in [0, 0.1) is 21.8 Å². The van der Waals surface area contributed by atoms with Crippen molar-refractivity contribution in [2.45, 2.75) is 25.8 Å². The fourth-order valence-corrected chi connectivity index (χ4v) is 2.68. The molecule has 0 spiro atoms. The van der Waals surface area contributed by atoms with E-state index >= 15 is 0 Å². The summed E-state index contributed by atoms with van der Waals surface area (Å²) in [7, 11) is 0. The summed E-state index contributed by atoms with van der Waals surface area (Å²) in [6.07, 6.45) is 1.33. The van der Waals surface area contributed by atoms with Crippen molar-refractivity contribution in [1.82, 2.24) is 5.32 Å². The summed E-state index contributed by atoms with van der Waals surface area (Å²) < 4.78 is 19.5. The van der Waals surface area contributed by atoms with Crippen LogP contribution < -0.4 is 5.32 Å². The van der Waals surface area contributed by atoms with E-state index in [1.807, 2.05) is 6.92 Å². The second kappa shape index (κ2) is 6.76. The van der Waals surface area contributed by atoms with E-state index in [1.165, 1.54) is 12.1 Å². The van der Waals surface area contributed by atoms with Crippen LogP contribution in [0.1, 0.15) is 18.9 Å². The van der Waals surface area contributed by atoms with E-state index < -0.39 is 16.4 Å². The van der Waals surface area contributed by atoms with Crippen molar-refractivity contribution in [1.29, 1.82) is 0 Å². The van der Waals surface area contributed by atoms with Gasteiger partial charge in [0, 0.05) is 24.6 Å². The summed E-state index contributed by atoms with van der Waals surface area (Å²) in [5.41, 5.74) is -0.0724. The molecule has 0 saturated carbocycles. The highest BCUT2D eigenvalue weighted by molar-refractivity contribution is 5.37. The molecule has 1 aromatic rings. The number of rotatable bonds is 5. The van der Waals surface area contributed by atoms with Crippen molar-refractivity contribution in [3.8, 4) is 0 Å². The number of nitrogens with one attached hydrogen (secondary N) is 1. The van der Waals surface area contributed by atoms with Crippen molar-refractivity contribution in [3.05, 3.63) is 39.7 Å². The van der Waals surface area contributed by atoms with Gasteiger partial charge in [-0.15, -0.1) is 0 Å². The molecule has 1 aromatic carbocycles. The van der Waals surface area contributed by atoms with Crippen LogP contribution in [0.15, 0.2) is 18.2 Å². The topological polar surface area (TPSA) is 64.4 Å². The minimum atomic E-state index is -0.724. The van der Waals surface area contributed by atoms with Gasteiger partial charge in [-0.25, -0.2) is 0 Å². The predicted octanol–water partition coefficient (Wildman–Crippen LogP) is 2.29. The van der Waals surface area contributed by atoms with Crippen molar-refractivity contribution in [2.75, 3.05) is 19.8 Å². The van der Waals surface area contributed by atoms with E-state index in [1.54, 1.807) is 6.07 Å². The number of nitro benzene ring substituents is 1. The summed E-state index contributed by atoms with van der Waals surface area (Å²) >= 11 is 0. The molecule has 0 aromatic heterocycles. The monoisotopic (exact) mass is 282 g/mol. The molecule has 0 aliphatic carbocycles. The smallest absolute Gasteiger partial charge is 0.305 e. The second-order valence-electron chi connectivity index (χ2n) is 5.00. The molecule has 110 valence electrons. The van der Waals surface area contributed by atoms with Crippen molar-refractivity contribution in [3.63, 3.8) is 0 Å². The molecule has 20 heavy (non-hydrogen) atoms. The van der Waals surface area contributed by atoms with Crippen molar-refractivity contribution < 1.29 is 14.1 Å². The Morgan fingerprint density at radius 3 is 3.05 bits per heavy atom. The van der Waals surface area contributed by atoms with Crippen LogP contribution in [-0.2, 0) is 11.2 Å². The first-order valence-corrected chi connectivity index (χ1v) is 6.86. The maximum Gasteiger partial charge on any atom is 0.305 e. The number of hydrogen-bond acceptors (Lipinski definition) is 4. The van der Waals surface area contributed by atoms with Crippen LogP contribution in [0.25, 0.3) is 0 Å². The van der Waals surface area contributed by atoms with Crippen LogP contribution in [0.5, 0.6) is 0 Å². The number of halogens is 1. The van der Waals surface area contributed by atoms with Gasteiger partial charge in [0.15, 0.2) is 0 Å². The van der Waals surface area contributed by atoms with Gasteiger partial charge in [-0.1, -0.05) is 19.1 Å². The van der Waals surface area contributed by atoms with Gasteiger partial charge in [0.25, 0.3) is 0 Å². The van der Waals surface area contributed by atoms with Crippen molar-refractivity contribution >= 4 is 5.69 Å². The Hall–Kier alpha value is -1.53. The van der Waals surface area contributed by atoms with Gasteiger partial charge < -0.3 is 10.1 Å². The first-order chi connectivity index (χ1) is 9.63. The Balaban J connectivity index is 2.16. The summed E-state index contributed by atoms with van der Waals surface area (Å²) in [6.45, 7) is 4.13. The Bertz CT molecular complexity index is 479. The molecule has 2 atom stereocenters. The fraction of sp³-hybridized carbons (Fsp3) is 0.571. The second-order valence-corrected chi connectivity index (χ2v) is 5.00. The van der Waals surface area contributed by atoms with E-state index in [4.69, 9.17) is 4.74 Å². The molecule has 1 aliphatic rings. The summed E-state index contributed by atoms with van der Waals surface area (Å²) in [5.74, 6) is -0.585. The third-order valence-electron chi connectivity index (χ3n) is 3.68. The van der Waals surface area contributed by atoms with Gasteiger partial charge in [-0.05, 0) is 24.9 Å². The van der Waals surface area contributed by atoms with E-state index in [9.17, 15) is 14.5 Å². The Kier molecular flexibility index (Phi) is 5.03. The highest BCUT2D eigenvalue weighted by atomic mass is 19.1. The van der Waals surface area contributed by atoms with E-state index in [-0.39, 0.29) is 12.0 Å². The molecule has 0 bridgehead atoms. The molecule has 2 rings (SSSR count). The lowest BCUT2D eigenvalue weighted by Gasteiger charge is -2.32. The summed E-state index contributed by atoms with van der Waals surface area (Å²) in [6, 6.07) is 4.60. The Labute approximate surface area is 117 Å². The first kappa shape index (κ1) is 14.9. The molecule has 1 N–H and O–H groups in total. The zero-order valence-electron chi connectivity index (χ0n) is 11.5. The molecule has 5 nitrogen and oxygen atoms in total. The average molecular weight is 282 g/mol. The number of hydrogen-bond donors (Lipinski definition) is 1. The largest absolute Gasteiger partial charge is 0.381 e. The summed E-state index contributed by atoms with van der Waals surface area (Å²) in [5, 5.41) is 14.1. The first-order valence-electron chi connectivity index (χ1n) is 6.86. The SMILES string of the molecule is CCNC1CCOCC1Cc1cccc([N+](=O)[O-])c1F. The van der Waals surface area contributed by atoms with E-state index in [0.29, 0.717) is 25.2 Å². The van der Waals surface area contributed by atoms with Gasteiger partial charge in [0.05, 0.1) is 11.5 Å². The van der Waals surface area contributed by atoms with Crippen LogP contribution >= 0.6 is 0 Å². The highest BCUT2D eigenvalue weighted by Gasteiger charge is 2.27. The minimum Gasteiger partial charge on any atom is -0.381 e. The van der Waals surface area contributed by atoms with E-state index in [0.717, 1.165) is 13.0 Å². The lowest BCUT2D eigenvalue weighted by Crippen LogP contribution is -2.43. The third kappa shape index (κ3) is 3.32. The molecule has 1 saturated heterocycles. The zero-order chi connectivity index (χ0) is 14.5. The normalized spacial score (nSPS) is 22.7. The number of ether oxygens (including phenoxy) is 1. The van der Waals surface area contributed by atoms with Gasteiger partial charge in [0.1, 0.15) is 0 Å². The number of nitrogens with zero attached hydrogens (tertiary/aromatic N) is 1. The molecule has 2 unspecified atom stereocenters. The van der Waals surface area contributed by atoms with Crippen LogP contribution in [0.3, 0.4) is 0 Å². The van der Waals surface area contributed by atoms with Crippen molar-refractivity contribution in [2.24, 2.45) is 5.92 Å². The van der Waals surface area contributed by atoms with Crippen LogP contribution in [0.4, 0.5) is 10.1 Å². The Morgan fingerprint density at radius 2 is 2.35 bits per heavy atom. The lowest BCUT2D eigenvalue weighted by molar-refractivity contribution is -0.387. The molecule has 1 aliphatic heterocycles. The van der Waals surface area contributed by atoms with Gasteiger partial charge >= 0.3 is 5.69 Å². The molecular formula is C14H19FN2O3. The maximum absolute atomic E-state index is 14.1. The molecule has 1 fully saturated rings. The van der Waals surface area contributed by atoms with E-state index in [2.05, 4.69) is 5.32 Å². The summed E-state index contributed by atoms with van der Waals surface area (Å²) in [4.78, 5) is 10.1. The number of nitro groups is 1. The van der Waals surface area contributed by atoms with Crippen LogP contribution in [-0.4, -0.2) is 30.7 Å². The molecule has 1 heterocycles. The zero-order valence-corrected chi connectivity index (χ0v) is 11.5. The highest BCUT2D eigenvalue weighted by Crippen LogP contribution is 2.25. The number of benzene rings is 1. The molecule has 6 heteroatoms. The van der Waals surface area contributed by atoms with Crippen LogP contribution in [0.2, 0.25) is 0 Å². The molecular weight excluding hydrogens is 263 g/mol. The van der Waals surface area contributed by atoms with Gasteiger partial charge in [-0.2, -0.15) is 4.39 Å². The average Bonchev–Trinajstić information content (AvgIpc) is 2.43. The quantitative estimate of drug-likeness (QED) is 0.665. The Morgan fingerprint density at radius 1 is 1.55 bits per heavy atom. The lowest BCUT2D eigenvalue weighted by atomic mass is 9.89. The molecule has 0 radical (unpaired) electrons. The fourth-order valence-electron chi connectivity index (χ4n) is 2.68. The third-order valence-corrected chi connectivity index (χ3v) is 3.68. The standard InChI is InChI=1S/C14H19FN2O3/c1-2-16-12-6-7-20-9-11(12)8-10-4-3-5-13(14(10)15)17(18)19/h3-5,11-12,16H,2,6-9H2,1H3. The maximum atomic E-state index is 14.1. The minimum absolute atomic E-state index is 0.139.